The number of aromatic nitrogens is 1. The third-order valence-electron chi connectivity index (χ3n) is 6.23. The summed E-state index contributed by atoms with van der Waals surface area (Å²) in [5.74, 6) is -0.549. The number of carboxylic acid groups (broad SMARTS) is 1. The number of fused-ring (bicyclic) bond motifs is 1. The predicted octanol–water partition coefficient (Wildman–Crippen LogP) is 5.90. The molecule has 4 heteroatoms. The monoisotopic (exact) mass is 426 g/mol. The lowest BCUT2D eigenvalue weighted by molar-refractivity contribution is 0.0684. The van der Waals surface area contributed by atoms with E-state index in [1.54, 1.807) is 0 Å². The molecule has 4 rings (SSSR count). The van der Waals surface area contributed by atoms with Crippen molar-refractivity contribution in [3.8, 4) is 0 Å². The molecule has 0 spiro atoms. The molecule has 1 atom stereocenters. The maximum Gasteiger partial charge on any atom is 0.352 e. The van der Waals surface area contributed by atoms with Gasteiger partial charge >= 0.3 is 5.97 Å². The van der Waals surface area contributed by atoms with Crippen molar-refractivity contribution in [1.82, 2.24) is 9.88 Å². The summed E-state index contributed by atoms with van der Waals surface area (Å²) in [4.78, 5) is 12.4. The molecular formula is C28H30N2O2. The Morgan fingerprint density at radius 1 is 1.00 bits per heavy atom. The Bertz CT molecular complexity index is 1240. The highest BCUT2D eigenvalue weighted by molar-refractivity contribution is 5.98. The number of aromatic carboxylic acids is 1. The highest BCUT2D eigenvalue weighted by atomic mass is 16.4. The fourth-order valence-corrected chi connectivity index (χ4v) is 4.42. The van der Waals surface area contributed by atoms with Crippen LogP contribution < -0.4 is 5.32 Å². The van der Waals surface area contributed by atoms with Gasteiger partial charge in [-0.2, -0.15) is 0 Å². The van der Waals surface area contributed by atoms with E-state index < -0.39 is 5.97 Å². The summed E-state index contributed by atoms with van der Waals surface area (Å²) in [6.45, 7) is 8.16. The number of carbonyl (C=O) groups is 1. The SMILES string of the molecule is Cc1ccc(C)c(Cn2c(C(=O)O)c(CNC[C@@H](C)c3ccccc3)c3ccccc32)c1. The van der Waals surface area contributed by atoms with Gasteiger partial charge in [0.1, 0.15) is 5.69 Å². The first kappa shape index (κ1) is 21.8. The van der Waals surface area contributed by atoms with E-state index in [2.05, 4.69) is 68.6 Å². The Balaban J connectivity index is 1.67. The van der Waals surface area contributed by atoms with Crippen LogP contribution in [0.1, 0.15) is 51.1 Å². The molecule has 0 saturated carbocycles. The molecule has 4 aromatic rings. The molecule has 0 fully saturated rings. The van der Waals surface area contributed by atoms with Gasteiger partial charge in [0, 0.05) is 36.1 Å². The number of benzene rings is 3. The first-order valence-corrected chi connectivity index (χ1v) is 11.1. The summed E-state index contributed by atoms with van der Waals surface area (Å²) in [5, 5.41) is 14.7. The highest BCUT2D eigenvalue weighted by Gasteiger charge is 2.22. The minimum atomic E-state index is -0.889. The molecule has 3 aromatic carbocycles. The summed E-state index contributed by atoms with van der Waals surface area (Å²) >= 11 is 0. The first-order valence-electron chi connectivity index (χ1n) is 11.1. The predicted molar refractivity (Wildman–Crippen MR) is 130 cm³/mol. The van der Waals surface area contributed by atoms with Crippen molar-refractivity contribution in [2.24, 2.45) is 0 Å². The molecule has 32 heavy (non-hydrogen) atoms. The first-order chi connectivity index (χ1) is 15.5. The van der Waals surface area contributed by atoms with Gasteiger partial charge in [-0.25, -0.2) is 4.79 Å². The fourth-order valence-electron chi connectivity index (χ4n) is 4.42. The van der Waals surface area contributed by atoms with Gasteiger partial charge in [0.05, 0.1) is 0 Å². The normalized spacial score (nSPS) is 12.2. The minimum Gasteiger partial charge on any atom is -0.477 e. The van der Waals surface area contributed by atoms with E-state index in [4.69, 9.17) is 0 Å². The number of nitrogens with zero attached hydrogens (tertiary/aromatic N) is 1. The van der Waals surface area contributed by atoms with Crippen LogP contribution in [0.5, 0.6) is 0 Å². The van der Waals surface area contributed by atoms with Crippen LogP contribution in [0.3, 0.4) is 0 Å². The van der Waals surface area contributed by atoms with Gasteiger partial charge in [0.25, 0.3) is 0 Å². The van der Waals surface area contributed by atoms with Crippen molar-refractivity contribution >= 4 is 16.9 Å². The number of nitrogens with one attached hydrogen (secondary N) is 1. The third-order valence-corrected chi connectivity index (χ3v) is 6.23. The van der Waals surface area contributed by atoms with E-state index in [0.717, 1.165) is 28.6 Å². The van der Waals surface area contributed by atoms with Crippen molar-refractivity contribution in [1.29, 1.82) is 0 Å². The van der Waals surface area contributed by atoms with Crippen LogP contribution in [-0.4, -0.2) is 22.2 Å². The summed E-state index contributed by atoms with van der Waals surface area (Å²) in [5.41, 5.74) is 6.93. The summed E-state index contributed by atoms with van der Waals surface area (Å²) in [6, 6.07) is 24.7. The second-order valence-corrected chi connectivity index (χ2v) is 8.61. The fraction of sp³-hybridized carbons (Fsp3) is 0.250. The summed E-state index contributed by atoms with van der Waals surface area (Å²) in [6.07, 6.45) is 0. The van der Waals surface area contributed by atoms with E-state index in [9.17, 15) is 9.90 Å². The quantitative estimate of drug-likeness (QED) is 0.369. The van der Waals surface area contributed by atoms with Crippen LogP contribution in [-0.2, 0) is 13.1 Å². The van der Waals surface area contributed by atoms with E-state index in [1.807, 2.05) is 34.9 Å². The van der Waals surface area contributed by atoms with Gasteiger partial charge in [-0.1, -0.05) is 79.2 Å². The molecule has 0 unspecified atom stereocenters. The molecule has 0 saturated heterocycles. The van der Waals surface area contributed by atoms with Crippen LogP contribution >= 0.6 is 0 Å². The molecule has 0 aliphatic carbocycles. The van der Waals surface area contributed by atoms with Crippen LogP contribution in [0, 0.1) is 13.8 Å². The van der Waals surface area contributed by atoms with Gasteiger partial charge in [0.2, 0.25) is 0 Å². The highest BCUT2D eigenvalue weighted by Crippen LogP contribution is 2.28. The third kappa shape index (κ3) is 4.46. The van der Waals surface area contributed by atoms with Crippen LogP contribution in [0.2, 0.25) is 0 Å². The van der Waals surface area contributed by atoms with Crippen LogP contribution in [0.15, 0.2) is 72.8 Å². The molecule has 1 heterocycles. The lowest BCUT2D eigenvalue weighted by Crippen LogP contribution is -2.21. The zero-order valence-corrected chi connectivity index (χ0v) is 18.9. The number of aryl methyl sites for hydroxylation is 2. The van der Waals surface area contributed by atoms with E-state index >= 15 is 0 Å². The number of hydrogen-bond acceptors (Lipinski definition) is 2. The van der Waals surface area contributed by atoms with Crippen molar-refractivity contribution in [2.75, 3.05) is 6.54 Å². The average molecular weight is 427 g/mol. The second-order valence-electron chi connectivity index (χ2n) is 8.61. The van der Waals surface area contributed by atoms with Crippen molar-refractivity contribution in [2.45, 2.75) is 39.8 Å². The Hall–Kier alpha value is -3.37. The largest absolute Gasteiger partial charge is 0.477 e. The van der Waals surface area contributed by atoms with Gasteiger partial charge in [0.15, 0.2) is 0 Å². The summed E-state index contributed by atoms with van der Waals surface area (Å²) in [7, 11) is 0. The topological polar surface area (TPSA) is 54.3 Å². The number of carboxylic acids is 1. The maximum atomic E-state index is 12.4. The average Bonchev–Trinajstić information content (AvgIpc) is 3.10. The molecular weight excluding hydrogens is 396 g/mol. The zero-order chi connectivity index (χ0) is 22.7. The Morgan fingerprint density at radius 3 is 2.47 bits per heavy atom. The van der Waals surface area contributed by atoms with Gasteiger partial charge in [-0.3, -0.25) is 0 Å². The van der Waals surface area contributed by atoms with Gasteiger partial charge in [-0.05, 0) is 42.5 Å². The van der Waals surface area contributed by atoms with Gasteiger partial charge in [-0.15, -0.1) is 0 Å². The van der Waals surface area contributed by atoms with Crippen molar-refractivity contribution < 1.29 is 9.90 Å². The zero-order valence-electron chi connectivity index (χ0n) is 18.9. The number of para-hydroxylation sites is 1. The molecule has 0 aliphatic rings. The molecule has 2 N–H and O–H groups in total. The smallest absolute Gasteiger partial charge is 0.352 e. The van der Waals surface area contributed by atoms with Crippen molar-refractivity contribution in [3.63, 3.8) is 0 Å². The molecule has 0 radical (unpaired) electrons. The Kier molecular flexibility index (Phi) is 6.42. The molecule has 0 bridgehead atoms. The number of rotatable bonds is 8. The summed E-state index contributed by atoms with van der Waals surface area (Å²) < 4.78 is 1.96. The lowest BCUT2D eigenvalue weighted by Gasteiger charge is -2.14. The molecule has 164 valence electrons. The Labute approximate surface area is 189 Å². The molecule has 4 nitrogen and oxygen atoms in total. The second kappa shape index (κ2) is 9.41. The van der Waals surface area contributed by atoms with Gasteiger partial charge < -0.3 is 15.0 Å². The molecule has 1 aromatic heterocycles. The van der Waals surface area contributed by atoms with Crippen LogP contribution in [0.4, 0.5) is 0 Å². The standard InChI is InChI=1S/C28H30N2O2/c1-19-13-14-20(2)23(15-19)18-30-26-12-8-7-11-24(26)25(27(30)28(31)32)17-29-16-21(3)22-9-5-4-6-10-22/h4-15,21,29H,16-18H2,1-3H3,(H,31,32)/t21-/m1/s1. The van der Waals surface area contributed by atoms with Crippen LogP contribution in [0.25, 0.3) is 10.9 Å². The minimum absolute atomic E-state index is 0.341. The Morgan fingerprint density at radius 2 is 1.72 bits per heavy atom. The molecule has 0 aliphatic heterocycles. The number of hydrogen-bond donors (Lipinski definition) is 2. The lowest BCUT2D eigenvalue weighted by atomic mass is 10.0. The maximum absolute atomic E-state index is 12.4. The molecule has 0 amide bonds. The van der Waals surface area contributed by atoms with Crippen molar-refractivity contribution in [3.05, 3.63) is 106 Å². The van der Waals surface area contributed by atoms with E-state index in [0.29, 0.717) is 24.7 Å². The van der Waals surface area contributed by atoms with E-state index in [-0.39, 0.29) is 0 Å². The van der Waals surface area contributed by atoms with E-state index in [1.165, 1.54) is 16.7 Å².